The summed E-state index contributed by atoms with van der Waals surface area (Å²) in [6, 6.07) is 13.8. The summed E-state index contributed by atoms with van der Waals surface area (Å²) in [7, 11) is 0. The van der Waals surface area contributed by atoms with Crippen LogP contribution in [-0.2, 0) is 25.3 Å². The maximum absolute atomic E-state index is 12.9. The van der Waals surface area contributed by atoms with Crippen LogP contribution in [0.1, 0.15) is 22.8 Å². The molecule has 0 fully saturated rings. The van der Waals surface area contributed by atoms with E-state index in [0.717, 1.165) is 10.3 Å². The van der Waals surface area contributed by atoms with Crippen molar-refractivity contribution >= 4 is 75.4 Å². The molecule has 230 valence electrons. The maximum atomic E-state index is 12.9. The van der Waals surface area contributed by atoms with Gasteiger partial charge in [0.25, 0.3) is 10.7 Å². The second kappa shape index (κ2) is 15.5. The lowest BCUT2D eigenvalue weighted by molar-refractivity contribution is -0.432. The third-order valence-corrected chi connectivity index (χ3v) is 6.89. The molecule has 0 amide bonds. The van der Waals surface area contributed by atoms with Crippen molar-refractivity contribution in [3.8, 4) is 5.88 Å². The van der Waals surface area contributed by atoms with Gasteiger partial charge in [0.1, 0.15) is 29.0 Å². The largest absolute Gasteiger partial charge is 0.493 e. The van der Waals surface area contributed by atoms with Crippen molar-refractivity contribution in [2.45, 2.75) is 25.3 Å². The van der Waals surface area contributed by atoms with Gasteiger partial charge in [0.2, 0.25) is 23.1 Å². The average molecular weight is 665 g/mol. The summed E-state index contributed by atoms with van der Waals surface area (Å²) in [5, 5.41) is 48.2. The smallest absolute Gasteiger partial charge is 0.265 e. The number of nitrogens with one attached hydrogen (secondary N) is 2. The number of benzene rings is 2. The fraction of sp³-hybridized carbons (Fsp3) is 0.125. The molecule has 0 unspecified atom stereocenters. The molecular formula is C24H21ClN8O9S2. The molecule has 4 rings (SSSR count). The Morgan fingerprint density at radius 2 is 1.68 bits per heavy atom. The molecule has 0 radical (unpaired) electrons. The minimum atomic E-state index is -0.923. The normalized spacial score (nSPS) is 11.2. The van der Waals surface area contributed by atoms with Gasteiger partial charge in [-0.25, -0.2) is 10.5 Å². The predicted octanol–water partition coefficient (Wildman–Crippen LogP) is 6.26. The monoisotopic (exact) mass is 664 g/mol. The molecule has 0 saturated heterocycles. The summed E-state index contributed by atoms with van der Waals surface area (Å²) in [5.74, 6) is -0.299. The van der Waals surface area contributed by atoms with Crippen LogP contribution in [-0.4, -0.2) is 40.3 Å². The molecular weight excluding hydrogens is 644 g/mol. The summed E-state index contributed by atoms with van der Waals surface area (Å²) in [6.07, 6.45) is 0. The first kappa shape index (κ1) is 32.7. The minimum Gasteiger partial charge on any atom is -0.493 e. The zero-order chi connectivity index (χ0) is 31.6. The number of halogens is 1. The molecule has 4 aromatic rings. The van der Waals surface area contributed by atoms with Gasteiger partial charge < -0.3 is 15.7 Å². The van der Waals surface area contributed by atoms with E-state index in [-0.39, 0.29) is 57.6 Å². The Morgan fingerprint density at radius 1 is 1.00 bits per heavy atom. The Hall–Kier alpha value is -4.18. The van der Waals surface area contributed by atoms with Gasteiger partial charge in [-0.2, -0.15) is 15.0 Å². The molecule has 0 aliphatic heterocycles. The Morgan fingerprint density at radius 3 is 2.34 bits per heavy atom. The van der Waals surface area contributed by atoms with E-state index in [0.29, 0.717) is 17.7 Å². The van der Waals surface area contributed by atoms with Gasteiger partial charge in [-0.15, -0.1) is 18.9 Å². The highest BCUT2D eigenvalue weighted by molar-refractivity contribution is 8.10. The molecule has 0 aliphatic rings. The van der Waals surface area contributed by atoms with Crippen molar-refractivity contribution < 1.29 is 39.2 Å². The number of carbonyl (C=O) groups is 1. The summed E-state index contributed by atoms with van der Waals surface area (Å²) in [5.41, 5.74) is -0.225. The van der Waals surface area contributed by atoms with Gasteiger partial charge in [0, 0.05) is 17.9 Å². The highest BCUT2D eigenvalue weighted by Crippen LogP contribution is 2.38. The average Bonchev–Trinajstić information content (AvgIpc) is 3.00. The summed E-state index contributed by atoms with van der Waals surface area (Å²) >= 11 is 6.74. The van der Waals surface area contributed by atoms with Crippen molar-refractivity contribution in [2.75, 3.05) is 10.6 Å². The number of azo groups is 1. The molecule has 2 heterocycles. The summed E-state index contributed by atoms with van der Waals surface area (Å²) < 4.78 is 9.62. The van der Waals surface area contributed by atoms with Gasteiger partial charge in [-0.1, -0.05) is 28.3 Å². The Balaban J connectivity index is 1.71. The Kier molecular flexibility index (Phi) is 11.5. The molecule has 2 aromatic carbocycles. The number of para-hydroxylation sites is 1. The van der Waals surface area contributed by atoms with Crippen molar-refractivity contribution in [3.05, 3.63) is 75.3 Å². The van der Waals surface area contributed by atoms with Crippen LogP contribution in [0.4, 0.5) is 34.6 Å². The number of aromatic hydroxyl groups is 1. The van der Waals surface area contributed by atoms with Crippen LogP contribution in [0.25, 0.3) is 0 Å². The van der Waals surface area contributed by atoms with Crippen molar-refractivity contribution in [3.63, 3.8) is 0 Å². The molecule has 2 aromatic heterocycles. The van der Waals surface area contributed by atoms with Gasteiger partial charge in [0.15, 0.2) is 0 Å². The van der Waals surface area contributed by atoms with Crippen LogP contribution < -0.4 is 16.2 Å². The third-order valence-electron chi connectivity index (χ3n) is 5.58. The quantitative estimate of drug-likeness (QED) is 0.0460. The van der Waals surface area contributed by atoms with Crippen LogP contribution in [0.15, 0.2) is 68.4 Å². The molecule has 0 aliphatic carbocycles. The number of carbonyl (C=O) groups excluding carboxylic acids is 1. The SMILES string of the molecule is CCn1c(O)c(/N=N/c2cc(Nc3nc(Cl)nc(Nc4ccccc4)n3)ccc2SOOO)c(C)c(C(=O)SOOO)c1=O. The van der Waals surface area contributed by atoms with Crippen LogP contribution in [0.2, 0.25) is 5.28 Å². The number of hydrogen-bond donors (Lipinski definition) is 5. The van der Waals surface area contributed by atoms with Crippen molar-refractivity contribution in [1.29, 1.82) is 0 Å². The molecule has 5 N–H and O–H groups in total. The number of pyridine rings is 1. The summed E-state index contributed by atoms with van der Waals surface area (Å²) in [4.78, 5) is 38.2. The fourth-order valence-electron chi connectivity index (χ4n) is 3.69. The Bertz CT molecular complexity index is 1730. The molecule has 20 heteroatoms. The van der Waals surface area contributed by atoms with Crippen LogP contribution in [0.5, 0.6) is 5.88 Å². The van der Waals surface area contributed by atoms with Crippen LogP contribution >= 0.6 is 35.7 Å². The topological polar surface area (TPSA) is 224 Å². The molecule has 17 nitrogen and oxygen atoms in total. The molecule has 0 bridgehead atoms. The van der Waals surface area contributed by atoms with E-state index in [2.05, 4.69) is 54.6 Å². The van der Waals surface area contributed by atoms with E-state index < -0.39 is 22.1 Å². The number of anilines is 4. The van der Waals surface area contributed by atoms with Crippen LogP contribution in [0.3, 0.4) is 0 Å². The predicted molar refractivity (Wildman–Crippen MR) is 159 cm³/mol. The second-order valence-electron chi connectivity index (χ2n) is 8.21. The first-order valence-corrected chi connectivity index (χ1v) is 14.0. The van der Waals surface area contributed by atoms with E-state index in [4.69, 9.17) is 22.1 Å². The second-order valence-corrected chi connectivity index (χ2v) is 9.97. The third kappa shape index (κ3) is 8.05. The van der Waals surface area contributed by atoms with Crippen LogP contribution in [0, 0.1) is 6.92 Å². The van der Waals surface area contributed by atoms with Gasteiger partial charge in [-0.05, 0) is 61.3 Å². The Labute approximate surface area is 261 Å². The van der Waals surface area contributed by atoms with Gasteiger partial charge >= 0.3 is 0 Å². The lowest BCUT2D eigenvalue weighted by Crippen LogP contribution is -2.26. The number of hydrogen-bond acceptors (Lipinski definition) is 18. The maximum Gasteiger partial charge on any atom is 0.265 e. The van der Waals surface area contributed by atoms with Crippen molar-refractivity contribution in [1.82, 2.24) is 19.5 Å². The molecule has 44 heavy (non-hydrogen) atoms. The lowest BCUT2D eigenvalue weighted by atomic mass is 10.1. The number of rotatable bonds is 13. The van der Waals surface area contributed by atoms with E-state index in [1.54, 1.807) is 13.0 Å². The van der Waals surface area contributed by atoms with E-state index in [1.807, 2.05) is 30.3 Å². The van der Waals surface area contributed by atoms with Gasteiger partial charge in [-0.3, -0.25) is 14.2 Å². The van der Waals surface area contributed by atoms with Crippen molar-refractivity contribution in [2.24, 2.45) is 10.2 Å². The van der Waals surface area contributed by atoms with E-state index in [1.165, 1.54) is 19.1 Å². The molecule has 0 spiro atoms. The zero-order valence-electron chi connectivity index (χ0n) is 22.5. The number of nitrogens with zero attached hydrogens (tertiary/aromatic N) is 6. The lowest BCUT2D eigenvalue weighted by Gasteiger charge is -2.13. The first-order valence-electron chi connectivity index (χ1n) is 12.1. The van der Waals surface area contributed by atoms with E-state index in [9.17, 15) is 14.7 Å². The highest BCUT2D eigenvalue weighted by atomic mass is 35.5. The number of aromatic nitrogens is 4. The zero-order valence-corrected chi connectivity index (χ0v) is 24.9. The van der Waals surface area contributed by atoms with Gasteiger partial charge in [0.05, 0.1) is 16.9 Å². The minimum absolute atomic E-state index is 0.0203. The molecule has 0 saturated carbocycles. The summed E-state index contributed by atoms with van der Waals surface area (Å²) in [6.45, 7) is 2.91. The molecule has 0 atom stereocenters. The standard InChI is InChI=1S/C24H21ClN8O9S2/c1-3-33-19(34)17(21(36)44-42-40-38)12(2)18(20(33)35)32-31-15-11-14(9-10-16(15)43-41-39-37)27-24-29-22(25)28-23(30-24)26-13-7-5-4-6-8-13/h4-11,35,37-38H,3H2,1-2H3,(H2,26,27,28,29,30)/b32-31+. The first-order chi connectivity index (χ1) is 21.2. The fourth-order valence-corrected chi connectivity index (χ4v) is 4.68. The highest BCUT2D eigenvalue weighted by Gasteiger charge is 2.25. The van der Waals surface area contributed by atoms with E-state index >= 15 is 0 Å².